The summed E-state index contributed by atoms with van der Waals surface area (Å²) in [6.45, 7) is 0.121. The molecule has 0 saturated carbocycles. The van der Waals surface area contributed by atoms with Crippen molar-refractivity contribution in [2.24, 2.45) is 0 Å². The molecule has 5 rings (SSSR count). The molecular formula is C24H19F2NO3. The van der Waals surface area contributed by atoms with E-state index in [1.54, 1.807) is 0 Å². The van der Waals surface area contributed by atoms with E-state index in [2.05, 4.69) is 12.1 Å². The Kier molecular flexibility index (Phi) is 4.33. The van der Waals surface area contributed by atoms with Crippen molar-refractivity contribution in [2.75, 3.05) is 19.7 Å². The third-order valence-electron chi connectivity index (χ3n) is 5.96. The molecule has 2 aliphatic rings. The molecule has 1 aliphatic carbocycles. The van der Waals surface area contributed by atoms with Crippen LogP contribution in [0.5, 0.6) is 0 Å². The number of hydrogen-bond acceptors (Lipinski definition) is 3. The molecule has 152 valence electrons. The summed E-state index contributed by atoms with van der Waals surface area (Å²) in [7, 11) is 0. The lowest BCUT2D eigenvalue weighted by Crippen LogP contribution is -2.61. The van der Waals surface area contributed by atoms with Gasteiger partial charge in [0.2, 0.25) is 0 Å². The molecule has 30 heavy (non-hydrogen) atoms. The first kappa shape index (κ1) is 18.8. The van der Waals surface area contributed by atoms with E-state index < -0.39 is 23.3 Å². The predicted octanol–water partition coefficient (Wildman–Crippen LogP) is 4.42. The largest absolute Gasteiger partial charge is 0.448 e. The monoisotopic (exact) mass is 407 g/mol. The fraction of sp³-hybridized carbons (Fsp3) is 0.208. The first-order valence-electron chi connectivity index (χ1n) is 9.74. The van der Waals surface area contributed by atoms with Crippen LogP contribution in [0.2, 0.25) is 0 Å². The lowest BCUT2D eigenvalue weighted by Gasteiger charge is -2.45. The zero-order chi connectivity index (χ0) is 20.9. The van der Waals surface area contributed by atoms with Gasteiger partial charge in [-0.15, -0.1) is 0 Å². The third kappa shape index (κ3) is 2.95. The zero-order valence-corrected chi connectivity index (χ0v) is 16.0. The Hall–Kier alpha value is -3.25. The van der Waals surface area contributed by atoms with Gasteiger partial charge in [-0.05, 0) is 39.9 Å². The van der Waals surface area contributed by atoms with E-state index >= 15 is 0 Å². The summed E-state index contributed by atoms with van der Waals surface area (Å²) in [6, 6.07) is 19.4. The number of carbonyl (C=O) groups excluding carboxylic acids is 1. The minimum atomic E-state index is -1.40. The average molecular weight is 407 g/mol. The summed E-state index contributed by atoms with van der Waals surface area (Å²) in [5, 5.41) is 10.6. The summed E-state index contributed by atoms with van der Waals surface area (Å²) in [6.07, 6.45) is -0.538. The lowest BCUT2D eigenvalue weighted by molar-refractivity contribution is -0.0944. The second-order valence-corrected chi connectivity index (χ2v) is 7.82. The van der Waals surface area contributed by atoms with E-state index in [1.165, 1.54) is 11.0 Å². The van der Waals surface area contributed by atoms with Crippen LogP contribution < -0.4 is 0 Å². The first-order chi connectivity index (χ1) is 14.5. The van der Waals surface area contributed by atoms with Crippen molar-refractivity contribution >= 4 is 6.09 Å². The van der Waals surface area contributed by atoms with Crippen LogP contribution in [0.1, 0.15) is 22.6 Å². The lowest BCUT2D eigenvalue weighted by atomic mass is 9.86. The minimum absolute atomic E-state index is 0.0330. The van der Waals surface area contributed by atoms with E-state index in [0.29, 0.717) is 0 Å². The number of amides is 1. The van der Waals surface area contributed by atoms with Gasteiger partial charge in [-0.25, -0.2) is 13.6 Å². The van der Waals surface area contributed by atoms with Crippen molar-refractivity contribution in [3.8, 4) is 11.1 Å². The third-order valence-corrected chi connectivity index (χ3v) is 5.96. The van der Waals surface area contributed by atoms with Crippen molar-refractivity contribution in [3.63, 3.8) is 0 Å². The van der Waals surface area contributed by atoms with Gasteiger partial charge < -0.3 is 14.7 Å². The summed E-state index contributed by atoms with van der Waals surface area (Å²) in [5.41, 5.74) is 3.36. The molecule has 3 aromatic rings. The second kappa shape index (κ2) is 6.92. The number of nitrogens with zero attached hydrogens (tertiary/aromatic N) is 1. The molecule has 6 heteroatoms. The normalized spacial score (nSPS) is 16.6. The van der Waals surface area contributed by atoms with Crippen molar-refractivity contribution in [1.29, 1.82) is 0 Å². The SMILES string of the molecule is O=C(OCC1c2ccccc2-c2ccccc21)N1CC(O)(c2ccc(F)c(F)c2)C1. The van der Waals surface area contributed by atoms with Gasteiger partial charge in [0.1, 0.15) is 12.2 Å². The Morgan fingerprint density at radius 1 is 0.967 bits per heavy atom. The maximum atomic E-state index is 13.5. The van der Waals surface area contributed by atoms with Crippen molar-refractivity contribution in [2.45, 2.75) is 11.5 Å². The number of halogens is 2. The number of fused-ring (bicyclic) bond motifs is 3. The van der Waals surface area contributed by atoms with E-state index in [4.69, 9.17) is 4.74 Å². The second-order valence-electron chi connectivity index (χ2n) is 7.82. The van der Waals surface area contributed by atoms with Gasteiger partial charge in [0.25, 0.3) is 0 Å². The highest BCUT2D eigenvalue weighted by atomic mass is 19.2. The van der Waals surface area contributed by atoms with E-state index in [-0.39, 0.29) is 31.2 Å². The molecule has 0 radical (unpaired) electrons. The molecule has 1 saturated heterocycles. The quantitative estimate of drug-likeness (QED) is 0.700. The van der Waals surface area contributed by atoms with Crippen LogP contribution >= 0.6 is 0 Å². The van der Waals surface area contributed by atoms with Crippen molar-refractivity contribution < 1.29 is 23.4 Å². The Morgan fingerprint density at radius 2 is 1.57 bits per heavy atom. The smallest absolute Gasteiger partial charge is 0.410 e. The molecule has 1 heterocycles. The summed E-state index contributed by atoms with van der Waals surface area (Å²) < 4.78 is 32.2. The van der Waals surface area contributed by atoms with Gasteiger partial charge in [-0.3, -0.25) is 0 Å². The van der Waals surface area contributed by atoms with Crippen molar-refractivity contribution in [3.05, 3.63) is 95.1 Å². The molecule has 4 nitrogen and oxygen atoms in total. The predicted molar refractivity (Wildman–Crippen MR) is 107 cm³/mol. The number of aliphatic hydroxyl groups is 1. The number of ether oxygens (including phenoxy) is 1. The Bertz CT molecular complexity index is 1100. The Labute approximate surface area is 172 Å². The molecule has 3 aromatic carbocycles. The highest BCUT2D eigenvalue weighted by molar-refractivity contribution is 5.79. The minimum Gasteiger partial charge on any atom is -0.448 e. The molecule has 1 amide bonds. The van der Waals surface area contributed by atoms with E-state index in [9.17, 15) is 18.7 Å². The topological polar surface area (TPSA) is 49.8 Å². The first-order valence-corrected chi connectivity index (χ1v) is 9.74. The summed E-state index contributed by atoms with van der Waals surface area (Å²) in [4.78, 5) is 13.9. The number of β-amino-alcohol motifs (C(OH)–C–C–N with tert-alkyl or cyclic N) is 1. The van der Waals surface area contributed by atoms with Crippen molar-refractivity contribution in [1.82, 2.24) is 4.90 Å². The Morgan fingerprint density at radius 3 is 2.17 bits per heavy atom. The number of likely N-dealkylation sites (tertiary alicyclic amines) is 1. The van der Waals surface area contributed by atoms with Crippen LogP contribution in [0.25, 0.3) is 11.1 Å². The summed E-state index contributed by atoms with van der Waals surface area (Å²) in [5.74, 6) is -2.05. The fourth-order valence-electron chi connectivity index (χ4n) is 4.37. The van der Waals surface area contributed by atoms with Gasteiger partial charge in [0.15, 0.2) is 11.6 Å². The maximum absolute atomic E-state index is 13.5. The van der Waals surface area contributed by atoms with Crippen LogP contribution in [-0.2, 0) is 10.3 Å². The molecule has 1 N–H and O–H groups in total. The van der Waals surface area contributed by atoms with Crippen LogP contribution in [0.3, 0.4) is 0 Å². The molecular weight excluding hydrogens is 388 g/mol. The highest BCUT2D eigenvalue weighted by Gasteiger charge is 2.46. The summed E-state index contributed by atoms with van der Waals surface area (Å²) >= 11 is 0. The number of hydrogen-bond donors (Lipinski definition) is 1. The maximum Gasteiger partial charge on any atom is 0.410 e. The number of benzene rings is 3. The van der Waals surface area contributed by atoms with Gasteiger partial charge >= 0.3 is 6.09 Å². The molecule has 0 bridgehead atoms. The Balaban J connectivity index is 1.26. The van der Waals surface area contributed by atoms with Gasteiger partial charge in [-0.1, -0.05) is 54.6 Å². The molecule has 0 aromatic heterocycles. The van der Waals surface area contributed by atoms with Crippen LogP contribution in [-0.4, -0.2) is 35.8 Å². The molecule has 0 spiro atoms. The number of carbonyl (C=O) groups is 1. The molecule has 1 fully saturated rings. The number of rotatable bonds is 3. The fourth-order valence-corrected chi connectivity index (χ4v) is 4.37. The van der Waals surface area contributed by atoms with E-state index in [0.717, 1.165) is 34.4 Å². The van der Waals surface area contributed by atoms with Gasteiger partial charge in [0, 0.05) is 5.92 Å². The van der Waals surface area contributed by atoms with Gasteiger partial charge in [0.05, 0.1) is 13.1 Å². The van der Waals surface area contributed by atoms with E-state index in [1.807, 2.05) is 36.4 Å². The van der Waals surface area contributed by atoms with Crippen LogP contribution in [0.4, 0.5) is 13.6 Å². The molecule has 0 atom stereocenters. The standard InChI is InChI=1S/C24H19F2NO3/c25-21-10-9-15(11-22(21)26)24(29)13-27(14-24)23(28)30-12-20-18-7-3-1-5-16(18)17-6-2-4-8-19(17)20/h1-11,20,29H,12-14H2. The van der Waals surface area contributed by atoms with Crippen LogP contribution in [0, 0.1) is 11.6 Å². The van der Waals surface area contributed by atoms with Crippen LogP contribution in [0.15, 0.2) is 66.7 Å². The van der Waals surface area contributed by atoms with Gasteiger partial charge in [-0.2, -0.15) is 0 Å². The average Bonchev–Trinajstić information content (AvgIpc) is 3.05. The molecule has 0 unspecified atom stereocenters. The highest BCUT2D eigenvalue weighted by Crippen LogP contribution is 2.44. The zero-order valence-electron chi connectivity index (χ0n) is 16.0. The molecule has 1 aliphatic heterocycles.